The highest BCUT2D eigenvalue weighted by Crippen LogP contribution is 2.31. The molecule has 30 heavy (non-hydrogen) atoms. The number of guanidine groups is 1. The molecule has 1 saturated heterocycles. The molecule has 2 fully saturated rings. The number of anilines is 1. The number of aliphatic imine (C=N–C) groups is 1. The van der Waals surface area contributed by atoms with Crippen LogP contribution in [0.1, 0.15) is 39.0 Å². The van der Waals surface area contributed by atoms with Crippen LogP contribution in [-0.2, 0) is 4.79 Å². The lowest BCUT2D eigenvalue weighted by molar-refractivity contribution is -0.121. The minimum Gasteiger partial charge on any atom is -0.482 e. The number of rotatable bonds is 7. The highest BCUT2D eigenvalue weighted by atomic mass is 127. The van der Waals surface area contributed by atoms with E-state index in [1.807, 2.05) is 29.2 Å². The van der Waals surface area contributed by atoms with E-state index >= 15 is 0 Å². The van der Waals surface area contributed by atoms with Gasteiger partial charge in [0, 0.05) is 44.8 Å². The van der Waals surface area contributed by atoms with E-state index in [1.165, 1.54) is 38.8 Å². The third-order valence-corrected chi connectivity index (χ3v) is 5.90. The lowest BCUT2D eigenvalue weighted by Gasteiger charge is -2.33. The number of piperidine rings is 1. The Kier molecular flexibility index (Phi) is 8.61. The van der Waals surface area contributed by atoms with Crippen molar-refractivity contribution >= 4 is 41.5 Å². The molecule has 7 nitrogen and oxygen atoms in total. The minimum absolute atomic E-state index is 0. The van der Waals surface area contributed by atoms with Crippen LogP contribution in [0.3, 0.4) is 0 Å². The Labute approximate surface area is 196 Å². The molecule has 4 rings (SSSR count). The summed E-state index contributed by atoms with van der Waals surface area (Å²) in [5.41, 5.74) is 0.861. The van der Waals surface area contributed by atoms with Crippen molar-refractivity contribution in [2.24, 2.45) is 4.99 Å². The number of benzene rings is 1. The predicted octanol–water partition coefficient (Wildman–Crippen LogP) is 2.60. The molecule has 1 amide bonds. The average Bonchev–Trinajstić information content (AvgIpc) is 3.58. The molecular weight excluding hydrogens is 493 g/mol. The number of amides is 1. The van der Waals surface area contributed by atoms with Gasteiger partial charge in [-0.05, 0) is 51.2 Å². The average molecular weight is 527 g/mol. The Hall–Kier alpha value is -1.55. The fourth-order valence-corrected chi connectivity index (χ4v) is 4.18. The number of nitrogens with zero attached hydrogens (tertiary/aromatic N) is 3. The Morgan fingerprint density at radius 1 is 1.20 bits per heavy atom. The third-order valence-electron chi connectivity index (χ3n) is 5.90. The van der Waals surface area contributed by atoms with Gasteiger partial charge in [0.25, 0.3) is 5.91 Å². The van der Waals surface area contributed by atoms with E-state index in [-0.39, 0.29) is 36.5 Å². The Morgan fingerprint density at radius 2 is 1.97 bits per heavy atom. The van der Waals surface area contributed by atoms with Crippen LogP contribution in [0.5, 0.6) is 5.75 Å². The number of hydrogen-bond acceptors (Lipinski definition) is 4. The van der Waals surface area contributed by atoms with Gasteiger partial charge in [0.2, 0.25) is 0 Å². The predicted molar refractivity (Wildman–Crippen MR) is 131 cm³/mol. The van der Waals surface area contributed by atoms with Gasteiger partial charge in [-0.25, -0.2) is 0 Å². The lowest BCUT2D eigenvalue weighted by atomic mass is 10.1. The van der Waals surface area contributed by atoms with Crippen LogP contribution >= 0.6 is 24.0 Å². The summed E-state index contributed by atoms with van der Waals surface area (Å²) >= 11 is 0. The van der Waals surface area contributed by atoms with E-state index in [2.05, 4.69) is 22.5 Å². The van der Waals surface area contributed by atoms with Gasteiger partial charge in [0.15, 0.2) is 12.6 Å². The number of carbonyl (C=O) groups excluding carboxylic acids is 1. The van der Waals surface area contributed by atoms with E-state index in [4.69, 9.17) is 9.73 Å². The summed E-state index contributed by atoms with van der Waals surface area (Å²) in [4.78, 5) is 21.5. The van der Waals surface area contributed by atoms with E-state index in [0.717, 1.165) is 36.4 Å². The van der Waals surface area contributed by atoms with E-state index < -0.39 is 0 Å². The van der Waals surface area contributed by atoms with Crippen LogP contribution in [0.2, 0.25) is 0 Å². The number of para-hydroxylation sites is 2. The third kappa shape index (κ3) is 6.00. The fourth-order valence-electron chi connectivity index (χ4n) is 4.18. The van der Waals surface area contributed by atoms with Crippen molar-refractivity contribution in [2.75, 3.05) is 44.2 Å². The zero-order valence-electron chi connectivity index (χ0n) is 17.8. The summed E-state index contributed by atoms with van der Waals surface area (Å²) in [5, 5.41) is 6.98. The second-order valence-corrected chi connectivity index (χ2v) is 8.10. The molecule has 0 bridgehead atoms. The van der Waals surface area contributed by atoms with Gasteiger partial charge in [0.05, 0.1) is 5.69 Å². The second kappa shape index (κ2) is 11.2. The van der Waals surface area contributed by atoms with E-state index in [1.54, 1.807) is 0 Å². The molecule has 0 spiro atoms. The Morgan fingerprint density at radius 3 is 2.70 bits per heavy atom. The standard InChI is InChI=1S/C22H33N5O2.HI/c1-2-23-22(25-17-10-14-26(15-11-17)18-8-9-18)24-12-5-13-27-19-6-3-4-7-20(19)29-16-21(27)28;/h3-4,6-7,17-18H,2,5,8-16H2,1H3,(H2,23,24,25);1H. The number of hydrogen-bond donors (Lipinski definition) is 2. The van der Waals surface area contributed by atoms with Gasteiger partial charge >= 0.3 is 0 Å². The van der Waals surface area contributed by atoms with Crippen LogP contribution in [-0.4, -0.2) is 68.2 Å². The van der Waals surface area contributed by atoms with Crippen molar-refractivity contribution in [2.45, 2.75) is 51.1 Å². The molecule has 1 saturated carbocycles. The second-order valence-electron chi connectivity index (χ2n) is 8.10. The van der Waals surface area contributed by atoms with Crippen molar-refractivity contribution in [3.63, 3.8) is 0 Å². The summed E-state index contributed by atoms with van der Waals surface area (Å²) in [6, 6.07) is 9.08. The summed E-state index contributed by atoms with van der Waals surface area (Å²) < 4.78 is 5.51. The monoisotopic (exact) mass is 527 g/mol. The van der Waals surface area contributed by atoms with E-state index in [9.17, 15) is 4.79 Å². The van der Waals surface area contributed by atoms with Gasteiger partial charge in [-0.1, -0.05) is 12.1 Å². The van der Waals surface area contributed by atoms with Crippen LogP contribution in [0.4, 0.5) is 5.69 Å². The fraction of sp³-hybridized carbons (Fsp3) is 0.636. The molecule has 2 N–H and O–H groups in total. The zero-order chi connectivity index (χ0) is 20.1. The highest BCUT2D eigenvalue weighted by molar-refractivity contribution is 14.0. The van der Waals surface area contributed by atoms with Crippen LogP contribution in [0.25, 0.3) is 0 Å². The maximum absolute atomic E-state index is 12.3. The number of ether oxygens (including phenoxy) is 1. The maximum Gasteiger partial charge on any atom is 0.265 e. The number of likely N-dealkylation sites (tertiary alicyclic amines) is 1. The zero-order valence-corrected chi connectivity index (χ0v) is 20.1. The summed E-state index contributed by atoms with van der Waals surface area (Å²) in [7, 11) is 0. The number of halogens is 1. The smallest absolute Gasteiger partial charge is 0.265 e. The lowest BCUT2D eigenvalue weighted by Crippen LogP contribution is -2.49. The molecule has 0 unspecified atom stereocenters. The first-order valence-electron chi connectivity index (χ1n) is 11.1. The van der Waals surface area contributed by atoms with Gasteiger partial charge in [-0.15, -0.1) is 24.0 Å². The Bertz CT molecular complexity index is 732. The summed E-state index contributed by atoms with van der Waals surface area (Å²) in [6.07, 6.45) is 5.95. The topological polar surface area (TPSA) is 69.2 Å². The summed E-state index contributed by atoms with van der Waals surface area (Å²) in [5.74, 6) is 1.69. The SMILES string of the molecule is CCNC(=NCCCN1C(=O)COc2ccccc21)NC1CCN(C2CC2)CC1.I. The Balaban J connectivity index is 0.00000256. The van der Waals surface area contributed by atoms with Crippen LogP contribution < -0.4 is 20.3 Å². The van der Waals surface area contributed by atoms with Crippen molar-refractivity contribution < 1.29 is 9.53 Å². The molecule has 0 radical (unpaired) electrons. The van der Waals surface area contributed by atoms with Crippen molar-refractivity contribution in [3.8, 4) is 5.75 Å². The quantitative estimate of drug-likeness (QED) is 0.247. The molecule has 1 aromatic carbocycles. The molecule has 8 heteroatoms. The molecule has 2 aliphatic heterocycles. The molecule has 0 atom stereocenters. The molecule has 1 aromatic rings. The largest absolute Gasteiger partial charge is 0.482 e. The number of carbonyl (C=O) groups is 1. The first-order chi connectivity index (χ1) is 14.2. The van der Waals surface area contributed by atoms with Gasteiger partial charge < -0.3 is 25.2 Å². The molecule has 1 aliphatic carbocycles. The number of nitrogens with one attached hydrogen (secondary N) is 2. The number of fused-ring (bicyclic) bond motifs is 1. The molecule has 0 aromatic heterocycles. The van der Waals surface area contributed by atoms with Gasteiger partial charge in [-0.3, -0.25) is 9.79 Å². The molecular formula is C22H34IN5O2. The molecule has 3 aliphatic rings. The first-order valence-corrected chi connectivity index (χ1v) is 11.1. The van der Waals surface area contributed by atoms with Gasteiger partial charge in [-0.2, -0.15) is 0 Å². The van der Waals surface area contributed by atoms with Crippen LogP contribution in [0, 0.1) is 0 Å². The van der Waals surface area contributed by atoms with Crippen molar-refractivity contribution in [1.82, 2.24) is 15.5 Å². The maximum atomic E-state index is 12.3. The summed E-state index contributed by atoms with van der Waals surface area (Å²) in [6.45, 7) is 6.79. The van der Waals surface area contributed by atoms with Crippen molar-refractivity contribution in [3.05, 3.63) is 24.3 Å². The van der Waals surface area contributed by atoms with Crippen molar-refractivity contribution in [1.29, 1.82) is 0 Å². The highest BCUT2D eigenvalue weighted by Gasteiger charge is 2.32. The molecule has 2 heterocycles. The van der Waals surface area contributed by atoms with Crippen LogP contribution in [0.15, 0.2) is 29.3 Å². The normalized spacial score (nSPS) is 20.2. The van der Waals surface area contributed by atoms with E-state index in [0.29, 0.717) is 19.1 Å². The first kappa shape index (κ1) is 23.1. The van der Waals surface area contributed by atoms with Gasteiger partial charge in [0.1, 0.15) is 5.75 Å². The molecule has 166 valence electrons. The minimum atomic E-state index is 0.